The van der Waals surface area contributed by atoms with Crippen LogP contribution in [-0.4, -0.2) is 37.2 Å². The van der Waals surface area contributed by atoms with E-state index in [2.05, 4.69) is 154 Å². The van der Waals surface area contributed by atoms with E-state index in [1.165, 1.54) is 64.2 Å². The zero-order valence-corrected chi connectivity index (χ0v) is 49.2. The van der Waals surface area contributed by atoms with Crippen molar-refractivity contribution in [1.29, 1.82) is 0 Å². The molecule has 1 atom stereocenters. The first-order valence-corrected chi connectivity index (χ1v) is 31.2. The summed E-state index contributed by atoms with van der Waals surface area (Å²) in [6.07, 6.45) is 88.8. The fraction of sp³-hybridized carbons (Fsp3) is 0.643. The Morgan fingerprint density at radius 1 is 0.276 bits per heavy atom. The van der Waals surface area contributed by atoms with E-state index < -0.39 is 6.10 Å². The third kappa shape index (κ3) is 60.4. The second kappa shape index (κ2) is 63.1. The Morgan fingerprint density at radius 3 is 0.868 bits per heavy atom. The van der Waals surface area contributed by atoms with Crippen molar-refractivity contribution in [2.45, 2.75) is 277 Å². The van der Waals surface area contributed by atoms with Crippen molar-refractivity contribution in [2.75, 3.05) is 13.2 Å². The molecule has 6 nitrogen and oxygen atoms in total. The molecule has 0 rings (SSSR count). The minimum absolute atomic E-state index is 0.0962. The van der Waals surface area contributed by atoms with Crippen LogP contribution in [0.4, 0.5) is 0 Å². The molecule has 0 aromatic carbocycles. The van der Waals surface area contributed by atoms with Gasteiger partial charge in [-0.1, -0.05) is 251 Å². The number of carbonyl (C=O) groups is 3. The molecule has 0 heterocycles. The molecule has 0 saturated carbocycles. The Bertz CT molecular complexity index is 1630. The molecule has 0 aromatic heterocycles. The molecule has 0 spiro atoms. The number of unbranched alkanes of at least 4 members (excludes halogenated alkanes) is 22. The van der Waals surface area contributed by atoms with E-state index >= 15 is 0 Å². The zero-order chi connectivity index (χ0) is 55.0. The van der Waals surface area contributed by atoms with Gasteiger partial charge < -0.3 is 14.2 Å². The summed E-state index contributed by atoms with van der Waals surface area (Å²) in [5, 5.41) is 0. The van der Waals surface area contributed by atoms with Crippen molar-refractivity contribution < 1.29 is 28.6 Å². The molecule has 0 aromatic rings. The van der Waals surface area contributed by atoms with Crippen molar-refractivity contribution in [2.24, 2.45) is 0 Å². The van der Waals surface area contributed by atoms with Gasteiger partial charge in [-0.25, -0.2) is 0 Å². The van der Waals surface area contributed by atoms with E-state index in [0.717, 1.165) is 167 Å². The maximum absolute atomic E-state index is 12.9. The number of carbonyl (C=O) groups excluding carboxylic acids is 3. The summed E-state index contributed by atoms with van der Waals surface area (Å²) in [7, 11) is 0. The minimum Gasteiger partial charge on any atom is -0.462 e. The highest BCUT2D eigenvalue weighted by Crippen LogP contribution is 2.14. The van der Waals surface area contributed by atoms with Crippen molar-refractivity contribution in [3.8, 4) is 0 Å². The van der Waals surface area contributed by atoms with Gasteiger partial charge in [0.2, 0.25) is 0 Å². The van der Waals surface area contributed by atoms with E-state index in [-0.39, 0.29) is 31.1 Å². The first-order valence-electron chi connectivity index (χ1n) is 31.2. The number of allylic oxidation sites excluding steroid dienone is 22. The third-order valence-corrected chi connectivity index (χ3v) is 12.8. The van der Waals surface area contributed by atoms with Crippen LogP contribution in [0.2, 0.25) is 0 Å². The normalized spacial score (nSPS) is 13.0. The van der Waals surface area contributed by atoms with Gasteiger partial charge >= 0.3 is 17.9 Å². The summed E-state index contributed by atoms with van der Waals surface area (Å²) in [6, 6.07) is 0. The molecular formula is C70H114O6. The summed E-state index contributed by atoms with van der Waals surface area (Å²) in [5.41, 5.74) is 0. The summed E-state index contributed by atoms with van der Waals surface area (Å²) < 4.78 is 16.8. The SMILES string of the molecule is CC/C=C\C/C=C\C/C=C\C/C=C\C/C=C\C/C=C\C/C=C\C/C=C\CCCCCCCCC(=O)OCC(COC(=O)CCCCCCC/C=C\C/C=C\CCC)OC(=O)CCCCCCC/C=C\CCCCCCC. The van der Waals surface area contributed by atoms with Crippen LogP contribution in [0.15, 0.2) is 134 Å². The topological polar surface area (TPSA) is 78.9 Å². The lowest BCUT2D eigenvalue weighted by Crippen LogP contribution is -2.30. The average Bonchev–Trinajstić information content (AvgIpc) is 3.42. The Balaban J connectivity index is 4.33. The first-order chi connectivity index (χ1) is 37.5. The molecule has 76 heavy (non-hydrogen) atoms. The van der Waals surface area contributed by atoms with Crippen molar-refractivity contribution in [3.05, 3.63) is 134 Å². The van der Waals surface area contributed by atoms with Gasteiger partial charge in [0.1, 0.15) is 13.2 Å². The fourth-order valence-corrected chi connectivity index (χ4v) is 8.20. The summed E-state index contributed by atoms with van der Waals surface area (Å²) in [5.74, 6) is -0.934. The highest BCUT2D eigenvalue weighted by molar-refractivity contribution is 5.71. The number of rotatable bonds is 55. The molecule has 0 saturated heterocycles. The maximum Gasteiger partial charge on any atom is 0.306 e. The standard InChI is InChI=1S/C70H114O6/c1-4-7-10-13-16-19-22-25-27-28-29-30-31-32-33-34-35-36-37-38-39-40-41-42-43-46-48-51-54-57-60-63-69(72)75-66-67(65-74-68(71)62-59-56-53-50-47-44-24-21-18-15-12-9-6-3)76-70(73)64-61-58-55-52-49-45-26-23-20-17-14-11-8-5-2/h7,10,12,15-16,19,21,23-27,29-30,32-33,35-36,38-39,41-42,67H,4-6,8-9,11,13-14,17-18,20,22,28,31,34,37,40,43-66H2,1-3H3/b10-7-,15-12-,19-16-,24-21-,26-23-,27-25-,30-29-,33-32-,36-35-,39-38-,42-41-. The van der Waals surface area contributed by atoms with Gasteiger partial charge in [0, 0.05) is 19.3 Å². The molecule has 0 aliphatic carbocycles. The van der Waals surface area contributed by atoms with Gasteiger partial charge in [-0.15, -0.1) is 0 Å². The van der Waals surface area contributed by atoms with Gasteiger partial charge in [0.25, 0.3) is 0 Å². The molecule has 0 amide bonds. The molecule has 1 unspecified atom stereocenters. The van der Waals surface area contributed by atoms with Crippen LogP contribution in [0.3, 0.4) is 0 Å². The molecule has 6 heteroatoms. The van der Waals surface area contributed by atoms with Gasteiger partial charge in [-0.3, -0.25) is 14.4 Å². The molecular weight excluding hydrogens is 937 g/mol. The van der Waals surface area contributed by atoms with Gasteiger partial charge in [-0.2, -0.15) is 0 Å². The average molecular weight is 1050 g/mol. The number of hydrogen-bond acceptors (Lipinski definition) is 6. The van der Waals surface area contributed by atoms with Crippen LogP contribution in [0.5, 0.6) is 0 Å². The number of esters is 3. The van der Waals surface area contributed by atoms with E-state index in [1.54, 1.807) is 0 Å². The van der Waals surface area contributed by atoms with Crippen molar-refractivity contribution in [1.82, 2.24) is 0 Å². The molecule has 0 fully saturated rings. The Morgan fingerprint density at radius 2 is 0.539 bits per heavy atom. The molecule has 0 aliphatic heterocycles. The first kappa shape index (κ1) is 71.5. The zero-order valence-electron chi connectivity index (χ0n) is 49.2. The molecule has 430 valence electrons. The fourth-order valence-electron chi connectivity index (χ4n) is 8.20. The monoisotopic (exact) mass is 1050 g/mol. The van der Waals surface area contributed by atoms with Crippen LogP contribution in [0, 0.1) is 0 Å². The molecule has 0 bridgehead atoms. The molecule has 0 N–H and O–H groups in total. The van der Waals surface area contributed by atoms with Gasteiger partial charge in [0.05, 0.1) is 0 Å². The lowest BCUT2D eigenvalue weighted by atomic mass is 10.1. The highest BCUT2D eigenvalue weighted by atomic mass is 16.6. The van der Waals surface area contributed by atoms with Crippen LogP contribution in [0.25, 0.3) is 0 Å². The second-order valence-electron chi connectivity index (χ2n) is 20.2. The highest BCUT2D eigenvalue weighted by Gasteiger charge is 2.19. The lowest BCUT2D eigenvalue weighted by Gasteiger charge is -2.18. The van der Waals surface area contributed by atoms with Gasteiger partial charge in [0.15, 0.2) is 6.10 Å². The van der Waals surface area contributed by atoms with Crippen molar-refractivity contribution in [3.63, 3.8) is 0 Å². The van der Waals surface area contributed by atoms with Crippen LogP contribution >= 0.6 is 0 Å². The van der Waals surface area contributed by atoms with E-state index in [4.69, 9.17) is 14.2 Å². The minimum atomic E-state index is -0.799. The Kier molecular flexibility index (Phi) is 59.4. The third-order valence-electron chi connectivity index (χ3n) is 12.8. The Hall–Kier alpha value is -4.45. The Labute approximate surface area is 468 Å². The molecule has 0 radical (unpaired) electrons. The van der Waals surface area contributed by atoms with Gasteiger partial charge in [-0.05, 0) is 135 Å². The second-order valence-corrected chi connectivity index (χ2v) is 20.2. The smallest absolute Gasteiger partial charge is 0.306 e. The number of ether oxygens (including phenoxy) is 3. The number of hydrogen-bond donors (Lipinski definition) is 0. The quantitative estimate of drug-likeness (QED) is 0.0261. The van der Waals surface area contributed by atoms with E-state index in [9.17, 15) is 14.4 Å². The predicted molar refractivity (Wildman–Crippen MR) is 329 cm³/mol. The summed E-state index contributed by atoms with van der Waals surface area (Å²) >= 11 is 0. The van der Waals surface area contributed by atoms with E-state index in [0.29, 0.717) is 19.3 Å². The van der Waals surface area contributed by atoms with Crippen LogP contribution < -0.4 is 0 Å². The summed E-state index contributed by atoms with van der Waals surface area (Å²) in [4.78, 5) is 38.2. The lowest BCUT2D eigenvalue weighted by molar-refractivity contribution is -0.167. The predicted octanol–water partition coefficient (Wildman–Crippen LogP) is 21.4. The van der Waals surface area contributed by atoms with Crippen LogP contribution in [0.1, 0.15) is 271 Å². The molecule has 0 aliphatic rings. The van der Waals surface area contributed by atoms with Crippen LogP contribution in [-0.2, 0) is 28.6 Å². The summed E-state index contributed by atoms with van der Waals surface area (Å²) in [6.45, 7) is 6.42. The van der Waals surface area contributed by atoms with E-state index in [1.807, 2.05) is 0 Å². The largest absolute Gasteiger partial charge is 0.462 e. The van der Waals surface area contributed by atoms with Crippen molar-refractivity contribution >= 4 is 17.9 Å². The maximum atomic E-state index is 12.9.